The Morgan fingerprint density at radius 2 is 1.21 bits per heavy atom. The van der Waals surface area contributed by atoms with E-state index < -0.39 is 0 Å². The van der Waals surface area contributed by atoms with Gasteiger partial charge in [-0.05, 0) is 79.0 Å². The molecule has 0 aliphatic rings. The lowest BCUT2D eigenvalue weighted by molar-refractivity contribution is 0.101. The lowest BCUT2D eigenvalue weighted by atomic mass is 10.1. The van der Waals surface area contributed by atoms with Crippen LogP contribution in [-0.2, 0) is 13.1 Å². The second-order valence-corrected chi connectivity index (χ2v) is 8.64. The molecule has 0 radical (unpaired) electrons. The predicted molar refractivity (Wildman–Crippen MR) is 152 cm³/mol. The minimum atomic E-state index is -0.158. The van der Waals surface area contributed by atoms with E-state index >= 15 is 0 Å². The number of aryl methyl sites for hydroxylation is 2. The summed E-state index contributed by atoms with van der Waals surface area (Å²) in [6.45, 7) is 4.64. The Labute approximate surface area is 222 Å². The quantitative estimate of drug-likeness (QED) is 0.145. The first-order valence-electron chi connectivity index (χ1n) is 12.0. The molecular weight excluding hydrogens is 476 g/mol. The Balaban J connectivity index is 0.000000212. The van der Waals surface area contributed by atoms with E-state index in [9.17, 15) is 9.59 Å². The zero-order valence-corrected chi connectivity index (χ0v) is 21.4. The van der Waals surface area contributed by atoms with Crippen molar-refractivity contribution in [2.45, 2.75) is 26.9 Å². The zero-order chi connectivity index (χ0) is 27.3. The fourth-order valence-corrected chi connectivity index (χ4v) is 3.62. The molecule has 0 aromatic heterocycles. The van der Waals surface area contributed by atoms with Crippen LogP contribution in [0.2, 0.25) is 0 Å². The second kappa shape index (κ2) is 14.0. The van der Waals surface area contributed by atoms with Crippen molar-refractivity contribution in [2.24, 2.45) is 10.8 Å². The molecular formula is C30H30N6O2. The van der Waals surface area contributed by atoms with Gasteiger partial charge < -0.3 is 16.4 Å². The minimum Gasteiger partial charge on any atom is -0.326 e. The average molecular weight is 507 g/mol. The van der Waals surface area contributed by atoms with Crippen LogP contribution in [-0.4, -0.2) is 11.8 Å². The van der Waals surface area contributed by atoms with Crippen molar-refractivity contribution in [2.75, 3.05) is 10.6 Å². The van der Waals surface area contributed by atoms with Gasteiger partial charge in [-0.1, -0.05) is 64.8 Å². The Hall–Kier alpha value is -4.91. The van der Waals surface area contributed by atoms with Crippen LogP contribution in [0.15, 0.2) is 102 Å². The third-order valence-electron chi connectivity index (χ3n) is 5.48. The van der Waals surface area contributed by atoms with Crippen LogP contribution in [0.1, 0.15) is 43.0 Å². The summed E-state index contributed by atoms with van der Waals surface area (Å²) >= 11 is 0. The number of nitrogens with zero attached hydrogens (tertiary/aromatic N) is 3. The number of hydrogen-bond donors (Lipinski definition) is 3. The number of benzene rings is 4. The standard InChI is InChI=1S/C15H14N4O.C15H16N2O/c1-11-4-2-6-13(8-11)15(20)18-14-7-3-5-12(9-14)10-17-19-16;1-11-4-2-6-13(8-11)15(18)17-14-7-3-5-12(9-14)10-16/h2-9H,10H2,1H3,(H,18,20);2-9H,10,16H2,1H3,(H,17,18). The maximum atomic E-state index is 12.1. The number of carbonyl (C=O) groups is 2. The number of hydrogen-bond acceptors (Lipinski definition) is 4. The van der Waals surface area contributed by atoms with Crippen molar-refractivity contribution in [3.8, 4) is 0 Å². The van der Waals surface area contributed by atoms with Gasteiger partial charge in [-0.15, -0.1) is 0 Å². The highest BCUT2D eigenvalue weighted by molar-refractivity contribution is 6.05. The predicted octanol–water partition coefficient (Wildman–Crippen LogP) is 6.76. The first kappa shape index (κ1) is 27.7. The maximum Gasteiger partial charge on any atom is 0.255 e. The topological polar surface area (TPSA) is 133 Å². The maximum absolute atomic E-state index is 12.1. The molecule has 0 aliphatic carbocycles. The van der Waals surface area contributed by atoms with Crippen molar-refractivity contribution in [1.29, 1.82) is 0 Å². The van der Waals surface area contributed by atoms with E-state index in [1.807, 2.05) is 86.6 Å². The van der Waals surface area contributed by atoms with Gasteiger partial charge in [0.05, 0.1) is 6.54 Å². The van der Waals surface area contributed by atoms with Gasteiger partial charge in [0.15, 0.2) is 0 Å². The molecule has 0 saturated carbocycles. The second-order valence-electron chi connectivity index (χ2n) is 8.64. The van der Waals surface area contributed by atoms with Crippen LogP contribution in [0, 0.1) is 13.8 Å². The van der Waals surface area contributed by atoms with E-state index in [1.54, 1.807) is 24.3 Å². The molecule has 0 unspecified atom stereocenters. The van der Waals surface area contributed by atoms with Crippen molar-refractivity contribution in [3.63, 3.8) is 0 Å². The van der Waals surface area contributed by atoms with E-state index in [1.165, 1.54) is 0 Å². The molecule has 0 bridgehead atoms. The number of nitrogens with one attached hydrogen (secondary N) is 2. The molecule has 0 atom stereocenters. The molecule has 0 fully saturated rings. The van der Waals surface area contributed by atoms with Crippen molar-refractivity contribution >= 4 is 23.2 Å². The number of nitrogens with two attached hydrogens (primary N) is 1. The summed E-state index contributed by atoms with van der Waals surface area (Å²) in [5.74, 6) is -0.262. The molecule has 4 rings (SSSR count). The third-order valence-corrected chi connectivity index (χ3v) is 5.48. The van der Waals surface area contributed by atoms with Crippen molar-refractivity contribution in [3.05, 3.63) is 141 Å². The number of amides is 2. The van der Waals surface area contributed by atoms with E-state index in [4.69, 9.17) is 11.3 Å². The van der Waals surface area contributed by atoms with Gasteiger partial charge in [0.1, 0.15) is 0 Å². The summed E-state index contributed by atoms with van der Waals surface area (Å²) in [6.07, 6.45) is 0. The molecule has 8 heteroatoms. The average Bonchev–Trinajstić information content (AvgIpc) is 2.92. The molecule has 0 spiro atoms. The Kier molecular flexibility index (Phi) is 10.2. The highest BCUT2D eigenvalue weighted by Crippen LogP contribution is 2.15. The van der Waals surface area contributed by atoms with Crippen LogP contribution < -0.4 is 16.4 Å². The van der Waals surface area contributed by atoms with Gasteiger partial charge in [0.2, 0.25) is 0 Å². The summed E-state index contributed by atoms with van der Waals surface area (Å²) in [4.78, 5) is 26.8. The fraction of sp³-hybridized carbons (Fsp3) is 0.133. The van der Waals surface area contributed by atoms with Crippen LogP contribution in [0.4, 0.5) is 11.4 Å². The molecule has 0 heterocycles. The van der Waals surface area contributed by atoms with E-state index in [2.05, 4.69) is 20.7 Å². The van der Waals surface area contributed by atoms with Crippen LogP contribution >= 0.6 is 0 Å². The van der Waals surface area contributed by atoms with Gasteiger partial charge >= 0.3 is 0 Å². The molecule has 38 heavy (non-hydrogen) atoms. The SMILES string of the molecule is Cc1cccc(C(=O)Nc2cccc(CN)c2)c1.Cc1cccc(C(=O)Nc2cccc(CN=[N+]=[N-])c2)c1. The van der Waals surface area contributed by atoms with E-state index in [0.717, 1.165) is 27.9 Å². The van der Waals surface area contributed by atoms with Crippen molar-refractivity contribution < 1.29 is 9.59 Å². The number of rotatable bonds is 7. The summed E-state index contributed by atoms with van der Waals surface area (Å²) in [5, 5.41) is 9.19. The molecule has 8 nitrogen and oxygen atoms in total. The van der Waals surface area contributed by atoms with Crippen LogP contribution in [0.5, 0.6) is 0 Å². The largest absolute Gasteiger partial charge is 0.326 e. The summed E-state index contributed by atoms with van der Waals surface area (Å²) in [6, 6.07) is 29.7. The highest BCUT2D eigenvalue weighted by Gasteiger charge is 2.07. The smallest absolute Gasteiger partial charge is 0.255 e. The third kappa shape index (κ3) is 8.64. The summed E-state index contributed by atoms with van der Waals surface area (Å²) in [7, 11) is 0. The van der Waals surface area contributed by atoms with Gasteiger partial charge in [0, 0.05) is 34.0 Å². The summed E-state index contributed by atoms with van der Waals surface area (Å²) < 4.78 is 0. The normalized spacial score (nSPS) is 9.87. The minimum absolute atomic E-state index is 0.104. The van der Waals surface area contributed by atoms with E-state index in [0.29, 0.717) is 23.4 Å². The molecule has 4 N–H and O–H groups in total. The van der Waals surface area contributed by atoms with Crippen LogP contribution in [0.25, 0.3) is 10.4 Å². The molecule has 4 aromatic rings. The monoisotopic (exact) mass is 506 g/mol. The first-order chi connectivity index (χ1) is 18.4. The van der Waals surface area contributed by atoms with Crippen LogP contribution in [0.3, 0.4) is 0 Å². The number of azide groups is 1. The molecule has 0 saturated heterocycles. The first-order valence-corrected chi connectivity index (χ1v) is 12.0. The number of carbonyl (C=O) groups excluding carboxylic acids is 2. The fourth-order valence-electron chi connectivity index (χ4n) is 3.62. The zero-order valence-electron chi connectivity index (χ0n) is 21.4. The molecule has 4 aromatic carbocycles. The molecule has 2 amide bonds. The van der Waals surface area contributed by atoms with Crippen molar-refractivity contribution in [1.82, 2.24) is 0 Å². The Bertz CT molecular complexity index is 1460. The van der Waals surface area contributed by atoms with Gasteiger partial charge in [0.25, 0.3) is 11.8 Å². The Morgan fingerprint density at radius 3 is 1.68 bits per heavy atom. The number of anilines is 2. The molecule has 0 aliphatic heterocycles. The lowest BCUT2D eigenvalue weighted by Gasteiger charge is -2.07. The van der Waals surface area contributed by atoms with Gasteiger partial charge in [-0.25, -0.2) is 0 Å². The van der Waals surface area contributed by atoms with Gasteiger partial charge in [-0.2, -0.15) is 0 Å². The lowest BCUT2D eigenvalue weighted by Crippen LogP contribution is -2.12. The summed E-state index contributed by atoms with van der Waals surface area (Å²) in [5.41, 5.74) is 20.6. The molecule has 192 valence electrons. The highest BCUT2D eigenvalue weighted by atomic mass is 16.2. The Morgan fingerprint density at radius 1 is 0.737 bits per heavy atom. The van der Waals surface area contributed by atoms with E-state index in [-0.39, 0.29) is 18.4 Å². The van der Waals surface area contributed by atoms with Gasteiger partial charge in [-0.3, -0.25) is 9.59 Å².